The Morgan fingerprint density at radius 2 is 1.77 bits per heavy atom. The molecule has 0 unspecified atom stereocenters. The van der Waals surface area contributed by atoms with Crippen molar-refractivity contribution < 1.29 is 4.79 Å². The van der Waals surface area contributed by atoms with Crippen LogP contribution in [-0.2, 0) is 11.3 Å². The fourth-order valence-electron chi connectivity index (χ4n) is 2.29. The fourth-order valence-corrected chi connectivity index (χ4v) is 2.29. The van der Waals surface area contributed by atoms with Crippen molar-refractivity contribution in [2.24, 2.45) is 5.73 Å². The van der Waals surface area contributed by atoms with E-state index < -0.39 is 0 Å². The van der Waals surface area contributed by atoms with Gasteiger partial charge in [-0.25, -0.2) is 0 Å². The summed E-state index contributed by atoms with van der Waals surface area (Å²) in [6.45, 7) is 4.18. The second kappa shape index (κ2) is 8.20. The van der Waals surface area contributed by atoms with Crippen molar-refractivity contribution in [3.05, 3.63) is 60.2 Å². The minimum Gasteiger partial charge on any atom is -0.371 e. The van der Waals surface area contributed by atoms with Crippen LogP contribution in [0.3, 0.4) is 0 Å². The molecular weight excluding hydrogens is 274 g/mol. The Balaban J connectivity index is 1.86. The molecule has 0 aliphatic heterocycles. The average Bonchev–Trinajstić information content (AvgIpc) is 2.57. The van der Waals surface area contributed by atoms with E-state index in [0.717, 1.165) is 23.5 Å². The molecule has 0 spiro atoms. The van der Waals surface area contributed by atoms with Crippen LogP contribution in [0.2, 0.25) is 0 Å². The maximum Gasteiger partial charge on any atom is 0.226 e. The van der Waals surface area contributed by atoms with Gasteiger partial charge in [0.05, 0.1) is 0 Å². The molecule has 2 rings (SSSR count). The minimum atomic E-state index is 0.0230. The van der Waals surface area contributed by atoms with E-state index in [-0.39, 0.29) is 5.91 Å². The Bertz CT molecular complexity index is 581. The summed E-state index contributed by atoms with van der Waals surface area (Å²) in [6.07, 6.45) is 0.460. The Labute approximate surface area is 131 Å². The third kappa shape index (κ3) is 4.60. The van der Waals surface area contributed by atoms with Crippen LogP contribution in [0.1, 0.15) is 18.9 Å². The largest absolute Gasteiger partial charge is 0.371 e. The summed E-state index contributed by atoms with van der Waals surface area (Å²) < 4.78 is 0. The Morgan fingerprint density at radius 1 is 1.09 bits per heavy atom. The number of hydrogen-bond donors (Lipinski definition) is 2. The smallest absolute Gasteiger partial charge is 0.226 e. The van der Waals surface area contributed by atoms with Crippen LogP contribution in [-0.4, -0.2) is 19.0 Å². The number of benzene rings is 2. The van der Waals surface area contributed by atoms with E-state index in [9.17, 15) is 4.79 Å². The second-order valence-corrected chi connectivity index (χ2v) is 5.11. The quantitative estimate of drug-likeness (QED) is 0.826. The third-order valence-electron chi connectivity index (χ3n) is 3.59. The molecule has 3 N–H and O–H groups in total. The van der Waals surface area contributed by atoms with Crippen molar-refractivity contribution in [1.29, 1.82) is 0 Å². The number of nitrogens with one attached hydrogen (secondary N) is 1. The number of para-hydroxylation sites is 1. The van der Waals surface area contributed by atoms with E-state index in [1.807, 2.05) is 42.5 Å². The standard InChI is InChI=1S/C18H23N3O/c1-2-21(17-6-4-3-5-7-17)13-12-18(22)20-16-10-8-15(14-19)9-11-16/h3-11H,2,12-14,19H2,1H3,(H,20,22). The van der Waals surface area contributed by atoms with Crippen LogP contribution >= 0.6 is 0 Å². The van der Waals surface area contributed by atoms with Gasteiger partial charge in [-0.05, 0) is 36.8 Å². The molecular formula is C18H23N3O. The summed E-state index contributed by atoms with van der Waals surface area (Å²) in [4.78, 5) is 14.2. The molecule has 4 nitrogen and oxygen atoms in total. The van der Waals surface area contributed by atoms with Crippen LogP contribution < -0.4 is 16.0 Å². The first-order chi connectivity index (χ1) is 10.7. The first-order valence-electron chi connectivity index (χ1n) is 7.61. The third-order valence-corrected chi connectivity index (χ3v) is 3.59. The lowest BCUT2D eigenvalue weighted by Gasteiger charge is -2.22. The average molecular weight is 297 g/mol. The van der Waals surface area contributed by atoms with Crippen LogP contribution in [0.4, 0.5) is 11.4 Å². The molecule has 0 saturated carbocycles. The Hall–Kier alpha value is -2.33. The summed E-state index contributed by atoms with van der Waals surface area (Å²) in [5, 5.41) is 2.92. The van der Waals surface area contributed by atoms with Crippen LogP contribution in [0, 0.1) is 0 Å². The van der Waals surface area contributed by atoms with Crippen LogP contribution in [0.5, 0.6) is 0 Å². The topological polar surface area (TPSA) is 58.4 Å². The van der Waals surface area contributed by atoms with Gasteiger partial charge in [-0.3, -0.25) is 4.79 Å². The molecule has 0 fully saturated rings. The highest BCUT2D eigenvalue weighted by Crippen LogP contribution is 2.14. The molecule has 116 valence electrons. The van der Waals surface area contributed by atoms with Gasteiger partial charge in [0.25, 0.3) is 0 Å². The van der Waals surface area contributed by atoms with Crippen molar-refractivity contribution >= 4 is 17.3 Å². The number of rotatable bonds is 7. The molecule has 2 aromatic rings. The number of amides is 1. The zero-order valence-electron chi connectivity index (χ0n) is 13.0. The van der Waals surface area contributed by atoms with Crippen molar-refractivity contribution in [1.82, 2.24) is 0 Å². The first kappa shape index (κ1) is 16.0. The predicted octanol–water partition coefficient (Wildman–Crippen LogP) is 3.00. The molecule has 1 amide bonds. The molecule has 0 aliphatic rings. The first-order valence-corrected chi connectivity index (χ1v) is 7.61. The van der Waals surface area contributed by atoms with Crippen LogP contribution in [0.15, 0.2) is 54.6 Å². The van der Waals surface area contributed by atoms with Gasteiger partial charge in [0.2, 0.25) is 5.91 Å². The number of nitrogens with zero attached hydrogens (tertiary/aromatic N) is 1. The lowest BCUT2D eigenvalue weighted by Crippen LogP contribution is -2.27. The zero-order valence-corrected chi connectivity index (χ0v) is 13.0. The summed E-state index contributed by atoms with van der Waals surface area (Å²) in [6, 6.07) is 17.8. The van der Waals surface area contributed by atoms with Gasteiger partial charge in [0, 0.05) is 37.4 Å². The number of carbonyl (C=O) groups is 1. The van der Waals surface area contributed by atoms with E-state index in [1.165, 1.54) is 0 Å². The Morgan fingerprint density at radius 3 is 2.36 bits per heavy atom. The zero-order chi connectivity index (χ0) is 15.8. The fraction of sp³-hybridized carbons (Fsp3) is 0.278. The SMILES string of the molecule is CCN(CCC(=O)Nc1ccc(CN)cc1)c1ccccc1. The molecule has 0 aliphatic carbocycles. The summed E-state index contributed by atoms with van der Waals surface area (Å²) >= 11 is 0. The highest BCUT2D eigenvalue weighted by molar-refractivity contribution is 5.91. The van der Waals surface area contributed by atoms with Crippen molar-refractivity contribution in [3.8, 4) is 0 Å². The number of carbonyl (C=O) groups excluding carboxylic acids is 1. The monoisotopic (exact) mass is 297 g/mol. The highest BCUT2D eigenvalue weighted by atomic mass is 16.1. The van der Waals surface area contributed by atoms with Crippen LogP contribution in [0.25, 0.3) is 0 Å². The Kier molecular flexibility index (Phi) is 5.98. The van der Waals surface area contributed by atoms with E-state index >= 15 is 0 Å². The van der Waals surface area contributed by atoms with E-state index in [2.05, 4.69) is 29.3 Å². The number of nitrogens with two attached hydrogens (primary N) is 1. The van der Waals surface area contributed by atoms with Gasteiger partial charge in [-0.1, -0.05) is 30.3 Å². The molecule has 0 aromatic heterocycles. The lowest BCUT2D eigenvalue weighted by molar-refractivity contribution is -0.116. The van der Waals surface area contributed by atoms with E-state index in [1.54, 1.807) is 0 Å². The van der Waals surface area contributed by atoms with Crippen molar-refractivity contribution in [2.45, 2.75) is 19.9 Å². The summed E-state index contributed by atoms with van der Waals surface area (Å²) in [5.74, 6) is 0.0230. The predicted molar refractivity (Wildman–Crippen MR) is 91.9 cm³/mol. The maximum absolute atomic E-state index is 12.1. The lowest BCUT2D eigenvalue weighted by atomic mass is 10.2. The van der Waals surface area contributed by atoms with Crippen molar-refractivity contribution in [3.63, 3.8) is 0 Å². The summed E-state index contributed by atoms with van der Waals surface area (Å²) in [7, 11) is 0. The maximum atomic E-state index is 12.1. The van der Waals surface area contributed by atoms with Gasteiger partial charge in [-0.15, -0.1) is 0 Å². The molecule has 0 saturated heterocycles. The normalized spacial score (nSPS) is 10.3. The second-order valence-electron chi connectivity index (χ2n) is 5.11. The van der Waals surface area contributed by atoms with Gasteiger partial charge >= 0.3 is 0 Å². The van der Waals surface area contributed by atoms with Crippen molar-refractivity contribution in [2.75, 3.05) is 23.3 Å². The molecule has 0 atom stereocenters. The minimum absolute atomic E-state index is 0.0230. The molecule has 22 heavy (non-hydrogen) atoms. The van der Waals surface area contributed by atoms with E-state index in [0.29, 0.717) is 19.5 Å². The van der Waals surface area contributed by atoms with Gasteiger partial charge < -0.3 is 16.0 Å². The highest BCUT2D eigenvalue weighted by Gasteiger charge is 2.07. The molecule has 2 aromatic carbocycles. The molecule has 0 bridgehead atoms. The molecule has 0 radical (unpaired) electrons. The molecule has 0 heterocycles. The summed E-state index contributed by atoms with van der Waals surface area (Å²) in [5.41, 5.74) is 8.57. The molecule has 4 heteroatoms. The van der Waals surface area contributed by atoms with Gasteiger partial charge in [0.1, 0.15) is 0 Å². The van der Waals surface area contributed by atoms with Gasteiger partial charge in [-0.2, -0.15) is 0 Å². The number of anilines is 2. The number of hydrogen-bond acceptors (Lipinski definition) is 3. The van der Waals surface area contributed by atoms with E-state index in [4.69, 9.17) is 5.73 Å². The van der Waals surface area contributed by atoms with Gasteiger partial charge in [0.15, 0.2) is 0 Å².